The smallest absolute Gasteiger partial charge is 0.234 e. The summed E-state index contributed by atoms with van der Waals surface area (Å²) < 4.78 is 5.58. The number of hydrogen-bond donors (Lipinski definition) is 1. The van der Waals surface area contributed by atoms with Crippen LogP contribution in [0.4, 0.5) is 0 Å². The summed E-state index contributed by atoms with van der Waals surface area (Å²) in [5.74, 6) is 1.96. The zero-order valence-corrected chi connectivity index (χ0v) is 15.2. The van der Waals surface area contributed by atoms with Gasteiger partial charge in [-0.15, -0.1) is 0 Å². The Hall–Kier alpha value is -1.59. The van der Waals surface area contributed by atoms with E-state index in [1.807, 2.05) is 0 Å². The van der Waals surface area contributed by atoms with Crippen molar-refractivity contribution in [2.75, 3.05) is 39.3 Å². The number of rotatable bonds is 6. The minimum Gasteiger partial charge on any atom is -0.493 e. The maximum Gasteiger partial charge on any atom is 0.234 e. The van der Waals surface area contributed by atoms with Crippen molar-refractivity contribution < 1.29 is 9.53 Å². The molecule has 0 bridgehead atoms. The van der Waals surface area contributed by atoms with Crippen LogP contribution < -0.4 is 10.1 Å². The lowest BCUT2D eigenvalue weighted by atomic mass is 10.1. The molecule has 3 aliphatic rings. The first-order chi connectivity index (χ1) is 12.2. The molecule has 4 rings (SSSR count). The molecular weight excluding hydrogens is 314 g/mol. The van der Waals surface area contributed by atoms with Crippen molar-refractivity contribution in [3.63, 3.8) is 0 Å². The molecule has 1 amide bonds. The topological polar surface area (TPSA) is 44.8 Å². The van der Waals surface area contributed by atoms with Crippen LogP contribution >= 0.6 is 0 Å². The van der Waals surface area contributed by atoms with Crippen LogP contribution in [0.3, 0.4) is 0 Å². The van der Waals surface area contributed by atoms with Crippen LogP contribution in [0.25, 0.3) is 0 Å². The largest absolute Gasteiger partial charge is 0.493 e. The highest BCUT2D eigenvalue weighted by atomic mass is 16.5. The summed E-state index contributed by atoms with van der Waals surface area (Å²) in [6.45, 7) is 8.48. The van der Waals surface area contributed by atoms with E-state index in [9.17, 15) is 4.79 Å². The fourth-order valence-corrected chi connectivity index (χ4v) is 3.92. The maximum absolute atomic E-state index is 12.2. The lowest BCUT2D eigenvalue weighted by Gasteiger charge is -2.34. The van der Waals surface area contributed by atoms with Gasteiger partial charge in [0.1, 0.15) is 5.75 Å². The summed E-state index contributed by atoms with van der Waals surface area (Å²) in [4.78, 5) is 16.9. The number of piperazine rings is 1. The van der Waals surface area contributed by atoms with Gasteiger partial charge in [-0.25, -0.2) is 0 Å². The Bertz CT molecular complexity index is 621. The molecule has 0 spiro atoms. The zero-order valence-electron chi connectivity index (χ0n) is 15.2. The van der Waals surface area contributed by atoms with Crippen molar-refractivity contribution in [2.45, 2.75) is 38.8 Å². The average Bonchev–Trinajstić information content (AvgIpc) is 3.35. The van der Waals surface area contributed by atoms with Crippen molar-refractivity contribution in [1.82, 2.24) is 15.1 Å². The van der Waals surface area contributed by atoms with E-state index >= 15 is 0 Å². The lowest BCUT2D eigenvalue weighted by Crippen LogP contribution is -2.50. The number of nitrogens with zero attached hydrogens (tertiary/aromatic N) is 2. The Morgan fingerprint density at radius 2 is 2.00 bits per heavy atom. The van der Waals surface area contributed by atoms with Crippen LogP contribution in [0.2, 0.25) is 0 Å². The molecule has 5 nitrogen and oxygen atoms in total. The Morgan fingerprint density at radius 3 is 2.76 bits per heavy atom. The van der Waals surface area contributed by atoms with Crippen molar-refractivity contribution in [2.24, 2.45) is 5.92 Å². The van der Waals surface area contributed by atoms with Gasteiger partial charge in [-0.2, -0.15) is 0 Å². The van der Waals surface area contributed by atoms with Gasteiger partial charge in [0.05, 0.1) is 13.2 Å². The molecule has 1 aromatic rings. The fraction of sp³-hybridized carbons (Fsp3) is 0.650. The highest BCUT2D eigenvalue weighted by Crippen LogP contribution is 2.32. The molecule has 0 radical (unpaired) electrons. The zero-order chi connectivity index (χ0) is 17.2. The van der Waals surface area contributed by atoms with E-state index in [4.69, 9.17) is 4.74 Å². The lowest BCUT2D eigenvalue weighted by molar-refractivity contribution is -0.123. The third-order valence-corrected chi connectivity index (χ3v) is 5.71. The van der Waals surface area contributed by atoms with E-state index in [0.717, 1.165) is 57.4 Å². The SMILES string of the molecule is C[C@H](NC(=O)CN1CCN(Cc2ccc3c(c2)CCO3)CC1)C1CC1. The number of amides is 1. The van der Waals surface area contributed by atoms with Crippen LogP contribution in [0.1, 0.15) is 30.9 Å². The molecule has 136 valence electrons. The monoisotopic (exact) mass is 343 g/mol. The summed E-state index contributed by atoms with van der Waals surface area (Å²) >= 11 is 0. The molecule has 1 aromatic carbocycles. The standard InChI is InChI=1S/C20H29N3O2/c1-15(17-3-4-17)21-20(24)14-23-9-7-22(8-10-23)13-16-2-5-19-18(12-16)6-11-25-19/h2,5,12,15,17H,3-4,6-11,13-14H2,1H3,(H,21,24)/t15-/m0/s1. The molecule has 2 heterocycles. The predicted octanol–water partition coefficient (Wildman–Crippen LogP) is 1.65. The van der Waals surface area contributed by atoms with Crippen molar-refractivity contribution in [3.05, 3.63) is 29.3 Å². The quantitative estimate of drug-likeness (QED) is 0.853. The molecular formula is C20H29N3O2. The first-order valence-corrected chi connectivity index (χ1v) is 9.66. The van der Waals surface area contributed by atoms with Crippen molar-refractivity contribution >= 4 is 5.91 Å². The summed E-state index contributed by atoms with van der Waals surface area (Å²) in [5, 5.41) is 3.16. The van der Waals surface area contributed by atoms with E-state index in [-0.39, 0.29) is 5.91 Å². The minimum absolute atomic E-state index is 0.187. The number of nitrogens with one attached hydrogen (secondary N) is 1. The third kappa shape index (κ3) is 4.33. The first kappa shape index (κ1) is 16.9. The van der Waals surface area contributed by atoms with E-state index in [0.29, 0.717) is 12.6 Å². The highest BCUT2D eigenvalue weighted by Gasteiger charge is 2.29. The van der Waals surface area contributed by atoms with E-state index in [1.54, 1.807) is 0 Å². The second-order valence-electron chi connectivity index (χ2n) is 7.79. The van der Waals surface area contributed by atoms with Gasteiger partial charge in [0.25, 0.3) is 0 Å². The number of ether oxygens (including phenoxy) is 1. The molecule has 1 saturated heterocycles. The summed E-state index contributed by atoms with van der Waals surface area (Å²) in [5.41, 5.74) is 2.71. The minimum atomic E-state index is 0.187. The van der Waals surface area contributed by atoms with Crippen LogP contribution in [0, 0.1) is 5.92 Å². The van der Waals surface area contributed by atoms with Gasteiger partial charge in [-0.3, -0.25) is 14.6 Å². The molecule has 5 heteroatoms. The van der Waals surface area contributed by atoms with E-state index in [1.165, 1.54) is 24.0 Å². The Kier molecular flexibility index (Phi) is 4.95. The van der Waals surface area contributed by atoms with Crippen LogP contribution in [-0.2, 0) is 17.8 Å². The number of fused-ring (bicyclic) bond motifs is 1. The highest BCUT2D eigenvalue weighted by molar-refractivity contribution is 5.78. The van der Waals surface area contributed by atoms with Gasteiger partial charge in [0, 0.05) is 45.2 Å². The molecule has 25 heavy (non-hydrogen) atoms. The summed E-state index contributed by atoms with van der Waals surface area (Å²) in [7, 11) is 0. The predicted molar refractivity (Wildman–Crippen MR) is 97.7 cm³/mol. The fourth-order valence-electron chi connectivity index (χ4n) is 3.92. The molecule has 0 aromatic heterocycles. The summed E-state index contributed by atoms with van der Waals surface area (Å²) in [6, 6.07) is 6.93. The summed E-state index contributed by atoms with van der Waals surface area (Å²) in [6.07, 6.45) is 3.58. The van der Waals surface area contributed by atoms with Gasteiger partial charge in [-0.05, 0) is 42.9 Å². The second kappa shape index (κ2) is 7.34. The van der Waals surface area contributed by atoms with Gasteiger partial charge in [0.2, 0.25) is 5.91 Å². The molecule has 2 aliphatic heterocycles. The maximum atomic E-state index is 12.2. The van der Waals surface area contributed by atoms with Gasteiger partial charge < -0.3 is 10.1 Å². The molecule has 2 fully saturated rings. The van der Waals surface area contributed by atoms with E-state index < -0.39 is 0 Å². The average molecular weight is 343 g/mol. The van der Waals surface area contributed by atoms with Crippen LogP contribution in [0.5, 0.6) is 5.75 Å². The van der Waals surface area contributed by atoms with E-state index in [2.05, 4.69) is 40.2 Å². The number of carbonyl (C=O) groups is 1. The van der Waals surface area contributed by atoms with Crippen molar-refractivity contribution in [1.29, 1.82) is 0 Å². The Labute approximate surface area is 150 Å². The van der Waals surface area contributed by atoms with Gasteiger partial charge in [-0.1, -0.05) is 12.1 Å². The van der Waals surface area contributed by atoms with Crippen LogP contribution in [0.15, 0.2) is 18.2 Å². The normalized spacial score (nSPS) is 22.3. The molecule has 1 atom stereocenters. The number of benzene rings is 1. The first-order valence-electron chi connectivity index (χ1n) is 9.66. The number of carbonyl (C=O) groups excluding carboxylic acids is 1. The van der Waals surface area contributed by atoms with Crippen LogP contribution in [-0.4, -0.2) is 61.1 Å². The Morgan fingerprint density at radius 1 is 1.24 bits per heavy atom. The molecule has 1 N–H and O–H groups in total. The molecule has 1 saturated carbocycles. The van der Waals surface area contributed by atoms with Crippen molar-refractivity contribution in [3.8, 4) is 5.75 Å². The molecule has 0 unspecified atom stereocenters. The van der Waals surface area contributed by atoms with Gasteiger partial charge >= 0.3 is 0 Å². The van der Waals surface area contributed by atoms with Gasteiger partial charge in [0.15, 0.2) is 0 Å². The third-order valence-electron chi connectivity index (χ3n) is 5.71. The second-order valence-corrected chi connectivity index (χ2v) is 7.79. The number of hydrogen-bond acceptors (Lipinski definition) is 4. The molecule has 1 aliphatic carbocycles. The Balaban J connectivity index is 1.21.